The molecule has 138 valence electrons. The molecule has 1 aliphatic carbocycles. The molecule has 0 bridgehead atoms. The maximum absolute atomic E-state index is 2.79. The van der Waals surface area contributed by atoms with Crippen molar-refractivity contribution in [3.05, 3.63) is 58.3 Å². The van der Waals surface area contributed by atoms with Crippen LogP contribution in [0.1, 0.15) is 49.0 Å². The van der Waals surface area contributed by atoms with Gasteiger partial charge in [0.25, 0.3) is 0 Å². The third-order valence-electron chi connectivity index (χ3n) is 7.35. The maximum atomic E-state index is 2.79. The van der Waals surface area contributed by atoms with Gasteiger partial charge in [0, 0.05) is 31.1 Å². The topological polar surface area (TPSA) is 6.48 Å². The lowest BCUT2D eigenvalue weighted by molar-refractivity contribution is -0.0294. The molecule has 1 saturated carbocycles. The van der Waals surface area contributed by atoms with Crippen LogP contribution in [0.25, 0.3) is 0 Å². The van der Waals surface area contributed by atoms with Gasteiger partial charge in [0.1, 0.15) is 0 Å². The summed E-state index contributed by atoms with van der Waals surface area (Å²) in [6, 6.07) is 15.7. The molecular formula is C23H30N2S. The molecular weight excluding hydrogens is 336 g/mol. The normalized spacial score (nSPS) is 32.8. The Hall–Kier alpha value is -1.16. The monoisotopic (exact) mass is 366 g/mol. The molecule has 2 aliphatic heterocycles. The van der Waals surface area contributed by atoms with Crippen LogP contribution < -0.4 is 0 Å². The average Bonchev–Trinajstić information content (AvgIpc) is 3.28. The quantitative estimate of drug-likeness (QED) is 0.741. The molecule has 1 aromatic carbocycles. The highest BCUT2D eigenvalue weighted by Gasteiger charge is 2.50. The van der Waals surface area contributed by atoms with Crippen LogP contribution in [0.15, 0.2) is 47.8 Å². The third kappa shape index (κ3) is 2.94. The second-order valence-electron chi connectivity index (χ2n) is 8.80. The molecule has 3 fully saturated rings. The van der Waals surface area contributed by atoms with Gasteiger partial charge in [-0.2, -0.15) is 0 Å². The van der Waals surface area contributed by atoms with E-state index in [-0.39, 0.29) is 0 Å². The average molecular weight is 367 g/mol. The Labute approximate surface area is 161 Å². The van der Waals surface area contributed by atoms with E-state index in [9.17, 15) is 0 Å². The highest BCUT2D eigenvalue weighted by Crippen LogP contribution is 2.54. The Kier molecular flexibility index (Phi) is 4.42. The minimum atomic E-state index is 0.366. The number of hydrogen-bond acceptors (Lipinski definition) is 3. The van der Waals surface area contributed by atoms with E-state index in [4.69, 9.17) is 0 Å². The lowest BCUT2D eigenvalue weighted by Gasteiger charge is -2.54. The molecule has 26 heavy (non-hydrogen) atoms. The first kappa shape index (κ1) is 17.0. The summed E-state index contributed by atoms with van der Waals surface area (Å²) in [5.41, 5.74) is 2.42. The Bertz CT molecular complexity index is 712. The SMILES string of the molecule is c1ccc(CN2CCC3(CCC(c4cccs4)(N4CCC4)CC3)C2)cc1. The number of thiophene rings is 1. The molecule has 0 N–H and O–H groups in total. The number of hydrogen-bond donors (Lipinski definition) is 0. The predicted molar refractivity (Wildman–Crippen MR) is 109 cm³/mol. The van der Waals surface area contributed by atoms with Crippen LogP contribution in [-0.4, -0.2) is 36.0 Å². The fourth-order valence-corrected chi connectivity index (χ4v) is 6.63. The first-order valence-corrected chi connectivity index (χ1v) is 11.2. The summed E-state index contributed by atoms with van der Waals surface area (Å²) >= 11 is 1.99. The van der Waals surface area contributed by atoms with E-state index in [1.165, 1.54) is 70.3 Å². The lowest BCUT2D eigenvalue weighted by atomic mass is 9.65. The van der Waals surface area contributed by atoms with E-state index in [0.29, 0.717) is 11.0 Å². The molecule has 2 saturated heterocycles. The van der Waals surface area contributed by atoms with Gasteiger partial charge in [0.15, 0.2) is 0 Å². The lowest BCUT2D eigenvalue weighted by Crippen LogP contribution is -2.55. The predicted octanol–water partition coefficient (Wildman–Crippen LogP) is 5.12. The molecule has 5 rings (SSSR count). The van der Waals surface area contributed by atoms with Crippen LogP contribution in [0.2, 0.25) is 0 Å². The smallest absolute Gasteiger partial charge is 0.0554 e. The van der Waals surface area contributed by atoms with Crippen molar-refractivity contribution >= 4 is 11.3 Å². The molecule has 2 aromatic rings. The van der Waals surface area contributed by atoms with Crippen molar-refractivity contribution in [2.75, 3.05) is 26.2 Å². The van der Waals surface area contributed by atoms with Crippen LogP contribution in [0, 0.1) is 5.41 Å². The van der Waals surface area contributed by atoms with Gasteiger partial charge in [-0.25, -0.2) is 0 Å². The second kappa shape index (κ2) is 6.78. The number of likely N-dealkylation sites (tertiary alicyclic amines) is 2. The zero-order valence-electron chi connectivity index (χ0n) is 15.7. The van der Waals surface area contributed by atoms with Crippen molar-refractivity contribution in [2.45, 2.75) is 50.6 Å². The van der Waals surface area contributed by atoms with E-state index in [1.54, 1.807) is 4.88 Å². The Morgan fingerprint density at radius 3 is 2.31 bits per heavy atom. The summed E-state index contributed by atoms with van der Waals surface area (Å²) in [6.45, 7) is 6.34. The largest absolute Gasteiger partial charge is 0.299 e. The maximum Gasteiger partial charge on any atom is 0.0554 e. The molecule has 2 nitrogen and oxygen atoms in total. The van der Waals surface area contributed by atoms with Crippen molar-refractivity contribution in [2.24, 2.45) is 5.41 Å². The van der Waals surface area contributed by atoms with Gasteiger partial charge in [-0.3, -0.25) is 9.80 Å². The zero-order chi connectivity index (χ0) is 17.5. The molecule has 1 aromatic heterocycles. The zero-order valence-corrected chi connectivity index (χ0v) is 16.5. The van der Waals surface area contributed by atoms with Gasteiger partial charge in [-0.1, -0.05) is 36.4 Å². The first-order chi connectivity index (χ1) is 12.8. The Morgan fingerprint density at radius 1 is 0.846 bits per heavy atom. The number of rotatable bonds is 4. The van der Waals surface area contributed by atoms with Crippen molar-refractivity contribution in [3.8, 4) is 0 Å². The fourth-order valence-electron chi connectivity index (χ4n) is 5.61. The van der Waals surface area contributed by atoms with Gasteiger partial charge >= 0.3 is 0 Å². The number of benzene rings is 1. The summed E-state index contributed by atoms with van der Waals surface area (Å²) in [4.78, 5) is 7.13. The molecule has 0 radical (unpaired) electrons. The summed E-state index contributed by atoms with van der Waals surface area (Å²) in [5.74, 6) is 0. The molecule has 3 aliphatic rings. The summed E-state index contributed by atoms with van der Waals surface area (Å²) in [5, 5.41) is 2.28. The molecule has 0 amide bonds. The summed E-state index contributed by atoms with van der Waals surface area (Å²) < 4.78 is 0. The van der Waals surface area contributed by atoms with Gasteiger partial charge in [-0.05, 0) is 67.5 Å². The third-order valence-corrected chi connectivity index (χ3v) is 8.41. The standard InChI is InChI=1S/C23H30N2S/c1-2-6-20(7-3-1)18-24-16-13-22(19-24)9-11-23(12-10-22,25-14-5-15-25)21-8-4-17-26-21/h1-4,6-8,17H,5,9-16,18-19H2. The van der Waals surface area contributed by atoms with Crippen molar-refractivity contribution < 1.29 is 0 Å². The summed E-state index contributed by atoms with van der Waals surface area (Å²) in [7, 11) is 0. The Balaban J connectivity index is 1.28. The van der Waals surface area contributed by atoms with Gasteiger partial charge in [0.05, 0.1) is 5.54 Å². The molecule has 3 heteroatoms. The van der Waals surface area contributed by atoms with Crippen LogP contribution in [-0.2, 0) is 12.1 Å². The van der Waals surface area contributed by atoms with Crippen molar-refractivity contribution in [1.82, 2.24) is 9.80 Å². The molecule has 0 unspecified atom stereocenters. The summed E-state index contributed by atoms with van der Waals surface area (Å²) in [6.07, 6.45) is 8.35. The highest BCUT2D eigenvalue weighted by atomic mass is 32.1. The van der Waals surface area contributed by atoms with Crippen molar-refractivity contribution in [1.29, 1.82) is 0 Å². The number of nitrogens with zero attached hydrogens (tertiary/aromatic N) is 2. The van der Waals surface area contributed by atoms with E-state index < -0.39 is 0 Å². The van der Waals surface area contributed by atoms with Crippen LogP contribution >= 0.6 is 11.3 Å². The van der Waals surface area contributed by atoms with E-state index >= 15 is 0 Å². The molecule has 1 spiro atoms. The first-order valence-electron chi connectivity index (χ1n) is 10.3. The minimum absolute atomic E-state index is 0.366. The van der Waals surface area contributed by atoms with Crippen molar-refractivity contribution in [3.63, 3.8) is 0 Å². The minimum Gasteiger partial charge on any atom is -0.299 e. The van der Waals surface area contributed by atoms with E-state index in [1.807, 2.05) is 11.3 Å². The van der Waals surface area contributed by atoms with Gasteiger partial charge in [-0.15, -0.1) is 11.3 Å². The van der Waals surface area contributed by atoms with Gasteiger partial charge < -0.3 is 0 Å². The van der Waals surface area contributed by atoms with Crippen LogP contribution in [0.5, 0.6) is 0 Å². The Morgan fingerprint density at radius 2 is 1.65 bits per heavy atom. The van der Waals surface area contributed by atoms with Crippen LogP contribution in [0.4, 0.5) is 0 Å². The molecule has 3 heterocycles. The second-order valence-corrected chi connectivity index (χ2v) is 9.74. The fraction of sp³-hybridized carbons (Fsp3) is 0.565. The van der Waals surface area contributed by atoms with Gasteiger partial charge in [0.2, 0.25) is 0 Å². The highest BCUT2D eigenvalue weighted by molar-refractivity contribution is 7.10. The van der Waals surface area contributed by atoms with E-state index in [0.717, 1.165) is 6.54 Å². The van der Waals surface area contributed by atoms with E-state index in [2.05, 4.69) is 57.6 Å². The molecule has 0 atom stereocenters. The van der Waals surface area contributed by atoms with Crippen LogP contribution in [0.3, 0.4) is 0 Å².